The first-order valence-electron chi connectivity index (χ1n) is 6.56. The first-order valence-corrected chi connectivity index (χ1v) is 8.46. The lowest BCUT2D eigenvalue weighted by molar-refractivity contribution is 0.202. The summed E-state index contributed by atoms with van der Waals surface area (Å²) in [5.41, 5.74) is 0.490. The van der Waals surface area contributed by atoms with Crippen LogP contribution in [0.2, 0.25) is 5.54 Å². The van der Waals surface area contributed by atoms with Gasteiger partial charge in [-0.1, -0.05) is 39.5 Å². The Hall–Kier alpha value is 0.0969. The molecule has 16 heavy (non-hydrogen) atoms. The van der Waals surface area contributed by atoms with Crippen molar-refractivity contribution in [2.75, 3.05) is 14.2 Å². The molecule has 0 amide bonds. The fourth-order valence-corrected chi connectivity index (χ4v) is 5.43. The molecular weight excluding hydrogens is 218 g/mol. The van der Waals surface area contributed by atoms with Gasteiger partial charge >= 0.3 is 8.72 Å². The zero-order chi connectivity index (χ0) is 12.0. The summed E-state index contributed by atoms with van der Waals surface area (Å²) in [5, 5.41) is 0. The highest BCUT2D eigenvalue weighted by Crippen LogP contribution is 2.27. The summed E-state index contributed by atoms with van der Waals surface area (Å²) in [6.45, 7) is 4.43. The van der Waals surface area contributed by atoms with Crippen LogP contribution >= 0.6 is 0 Å². The van der Waals surface area contributed by atoms with Gasteiger partial charge in [-0.05, 0) is 12.8 Å². The van der Waals surface area contributed by atoms with Crippen LogP contribution in [0.15, 0.2) is 0 Å². The molecule has 1 fully saturated rings. The first kappa shape index (κ1) is 14.2. The van der Waals surface area contributed by atoms with Crippen molar-refractivity contribution >= 4 is 8.72 Å². The van der Waals surface area contributed by atoms with E-state index >= 15 is 0 Å². The SMILES string of the molecule is CCC(C)[Si](NC1CCCCC1)(OC)OC. The van der Waals surface area contributed by atoms with Crippen LogP contribution in [0, 0.1) is 0 Å². The second-order valence-electron chi connectivity index (χ2n) is 4.86. The van der Waals surface area contributed by atoms with Gasteiger partial charge in [0, 0.05) is 25.8 Å². The molecule has 4 heteroatoms. The van der Waals surface area contributed by atoms with Crippen LogP contribution in [-0.2, 0) is 8.85 Å². The average Bonchev–Trinajstić information content (AvgIpc) is 2.36. The minimum Gasteiger partial charge on any atom is -0.386 e. The number of rotatable bonds is 6. The van der Waals surface area contributed by atoms with Gasteiger partial charge in [-0.15, -0.1) is 0 Å². The molecule has 1 aliphatic rings. The van der Waals surface area contributed by atoms with E-state index in [0.29, 0.717) is 11.6 Å². The van der Waals surface area contributed by atoms with Crippen molar-refractivity contribution in [3.63, 3.8) is 0 Å². The van der Waals surface area contributed by atoms with Gasteiger partial charge in [-0.3, -0.25) is 4.98 Å². The van der Waals surface area contributed by atoms with Crippen molar-refractivity contribution in [3.05, 3.63) is 0 Å². The van der Waals surface area contributed by atoms with Gasteiger partial charge in [0.2, 0.25) is 0 Å². The van der Waals surface area contributed by atoms with Crippen LogP contribution in [0.3, 0.4) is 0 Å². The predicted molar refractivity (Wildman–Crippen MR) is 69.5 cm³/mol. The van der Waals surface area contributed by atoms with Gasteiger partial charge in [0.15, 0.2) is 0 Å². The molecular formula is C12H27NO2Si. The average molecular weight is 245 g/mol. The third-order valence-electron chi connectivity index (χ3n) is 3.88. The Balaban J connectivity index is 2.61. The molecule has 0 aliphatic heterocycles. The summed E-state index contributed by atoms with van der Waals surface area (Å²) < 4.78 is 11.5. The lowest BCUT2D eigenvalue weighted by atomic mass is 9.96. The maximum Gasteiger partial charge on any atom is 0.427 e. The van der Waals surface area contributed by atoms with Crippen molar-refractivity contribution in [3.8, 4) is 0 Å². The van der Waals surface area contributed by atoms with Crippen molar-refractivity contribution in [2.24, 2.45) is 0 Å². The summed E-state index contributed by atoms with van der Waals surface area (Å²) in [6, 6.07) is 0.606. The highest BCUT2D eigenvalue weighted by atomic mass is 28.4. The number of nitrogens with one attached hydrogen (secondary N) is 1. The van der Waals surface area contributed by atoms with E-state index in [2.05, 4.69) is 18.8 Å². The van der Waals surface area contributed by atoms with Crippen LogP contribution in [0.4, 0.5) is 0 Å². The molecule has 0 radical (unpaired) electrons. The van der Waals surface area contributed by atoms with E-state index in [9.17, 15) is 0 Å². The van der Waals surface area contributed by atoms with Gasteiger partial charge in [0.1, 0.15) is 0 Å². The summed E-state index contributed by atoms with van der Waals surface area (Å²) in [7, 11) is 1.39. The smallest absolute Gasteiger partial charge is 0.386 e. The van der Waals surface area contributed by atoms with Crippen molar-refractivity contribution in [2.45, 2.75) is 64.0 Å². The standard InChI is InChI=1S/C12H27NO2Si/c1-5-11(2)16(14-3,15-4)13-12-9-7-6-8-10-12/h11-13H,5-10H2,1-4H3. The molecule has 3 nitrogen and oxygen atoms in total. The van der Waals surface area contributed by atoms with Crippen LogP contribution in [0.25, 0.3) is 0 Å². The van der Waals surface area contributed by atoms with Gasteiger partial charge in [-0.25, -0.2) is 0 Å². The molecule has 0 spiro atoms. The molecule has 1 N–H and O–H groups in total. The summed E-state index contributed by atoms with van der Waals surface area (Å²) in [5.74, 6) is 0. The molecule has 0 aromatic carbocycles. The maximum absolute atomic E-state index is 5.75. The number of hydrogen-bond acceptors (Lipinski definition) is 3. The Labute approximate surface area is 101 Å². The van der Waals surface area contributed by atoms with Crippen molar-refractivity contribution < 1.29 is 8.85 Å². The topological polar surface area (TPSA) is 30.5 Å². The summed E-state index contributed by atoms with van der Waals surface area (Å²) >= 11 is 0. The van der Waals surface area contributed by atoms with Gasteiger partial charge in [0.05, 0.1) is 0 Å². The van der Waals surface area contributed by atoms with Crippen LogP contribution < -0.4 is 4.98 Å². The lowest BCUT2D eigenvalue weighted by Crippen LogP contribution is -2.61. The second kappa shape index (κ2) is 6.74. The zero-order valence-electron chi connectivity index (χ0n) is 11.2. The molecule has 1 unspecified atom stereocenters. The van der Waals surface area contributed by atoms with E-state index in [4.69, 9.17) is 8.85 Å². The summed E-state index contributed by atoms with van der Waals surface area (Å²) in [4.78, 5) is 3.71. The van der Waals surface area contributed by atoms with Crippen LogP contribution in [-0.4, -0.2) is 29.0 Å². The monoisotopic (exact) mass is 245 g/mol. The molecule has 1 saturated carbocycles. The molecule has 0 aromatic heterocycles. The Morgan fingerprint density at radius 3 is 2.19 bits per heavy atom. The highest BCUT2D eigenvalue weighted by molar-refractivity contribution is 6.66. The van der Waals surface area contributed by atoms with E-state index in [-0.39, 0.29) is 0 Å². The van der Waals surface area contributed by atoms with Gasteiger partial charge in [0.25, 0.3) is 0 Å². The highest BCUT2D eigenvalue weighted by Gasteiger charge is 2.43. The van der Waals surface area contributed by atoms with E-state index < -0.39 is 8.72 Å². The Morgan fingerprint density at radius 2 is 1.75 bits per heavy atom. The van der Waals surface area contributed by atoms with Gasteiger partial charge < -0.3 is 8.85 Å². The fourth-order valence-electron chi connectivity index (χ4n) is 2.55. The quantitative estimate of drug-likeness (QED) is 0.730. The third kappa shape index (κ3) is 3.29. The molecule has 96 valence electrons. The minimum atomic E-state index is -2.18. The molecule has 0 heterocycles. The normalized spacial score (nSPS) is 21.0. The molecule has 1 rings (SSSR count). The number of hydrogen-bond donors (Lipinski definition) is 1. The maximum atomic E-state index is 5.75. The van der Waals surface area contributed by atoms with E-state index in [1.54, 1.807) is 14.2 Å². The Morgan fingerprint density at radius 1 is 1.19 bits per heavy atom. The Kier molecular flexibility index (Phi) is 5.96. The largest absolute Gasteiger partial charge is 0.427 e. The van der Waals surface area contributed by atoms with E-state index in [1.165, 1.54) is 32.1 Å². The molecule has 1 aliphatic carbocycles. The Bertz CT molecular complexity index is 191. The van der Waals surface area contributed by atoms with Crippen molar-refractivity contribution in [1.29, 1.82) is 0 Å². The minimum absolute atomic E-state index is 0.490. The molecule has 1 atom stereocenters. The zero-order valence-corrected chi connectivity index (χ0v) is 12.2. The van der Waals surface area contributed by atoms with Gasteiger partial charge in [-0.2, -0.15) is 0 Å². The summed E-state index contributed by atoms with van der Waals surface area (Å²) in [6.07, 6.45) is 7.73. The predicted octanol–water partition coefficient (Wildman–Crippen LogP) is 2.94. The van der Waals surface area contributed by atoms with Crippen molar-refractivity contribution in [1.82, 2.24) is 4.98 Å². The molecule has 0 bridgehead atoms. The first-order chi connectivity index (χ1) is 7.68. The van der Waals surface area contributed by atoms with E-state index in [0.717, 1.165) is 6.42 Å². The lowest BCUT2D eigenvalue weighted by Gasteiger charge is -2.37. The van der Waals surface area contributed by atoms with E-state index in [1.807, 2.05) is 0 Å². The second-order valence-corrected chi connectivity index (χ2v) is 8.29. The molecule has 0 aromatic rings. The molecule has 0 saturated heterocycles. The van der Waals surface area contributed by atoms with Crippen LogP contribution in [0.1, 0.15) is 52.4 Å². The third-order valence-corrected chi connectivity index (χ3v) is 7.61. The van der Waals surface area contributed by atoms with Crippen LogP contribution in [0.5, 0.6) is 0 Å². The fraction of sp³-hybridized carbons (Fsp3) is 1.00.